The van der Waals surface area contributed by atoms with E-state index in [1.54, 1.807) is 19.0 Å². The molecule has 1 aromatic rings. The van der Waals surface area contributed by atoms with Gasteiger partial charge in [-0.05, 0) is 19.0 Å². The van der Waals surface area contributed by atoms with Crippen molar-refractivity contribution >= 4 is 7.12 Å². The van der Waals surface area contributed by atoms with Crippen molar-refractivity contribution in [2.24, 2.45) is 0 Å². The Labute approximate surface area is 64.1 Å². The molecule has 0 atom stereocenters. The van der Waals surface area contributed by atoms with Crippen LogP contribution >= 0.6 is 0 Å². The summed E-state index contributed by atoms with van der Waals surface area (Å²) in [7, 11) is -0.373. The van der Waals surface area contributed by atoms with Gasteiger partial charge in [-0.1, -0.05) is 6.07 Å². The lowest BCUT2D eigenvalue weighted by atomic mass is 9.97. The van der Waals surface area contributed by atoms with E-state index in [0.717, 1.165) is 0 Å². The average Bonchev–Trinajstić information content (AvgIpc) is 2.31. The zero-order chi connectivity index (χ0) is 7.84. The summed E-state index contributed by atoms with van der Waals surface area (Å²) in [5, 5.41) is 0. The molecule has 2 nitrogen and oxygen atoms in total. The van der Waals surface area contributed by atoms with Gasteiger partial charge in [0, 0.05) is 0 Å². The van der Waals surface area contributed by atoms with Crippen LogP contribution in [-0.4, -0.2) is 7.12 Å². The summed E-state index contributed by atoms with van der Waals surface area (Å²) in [6.45, 7) is 1.72. The first-order valence-electron chi connectivity index (χ1n) is 3.39. The van der Waals surface area contributed by atoms with E-state index in [0.29, 0.717) is 5.75 Å². The molecule has 1 aromatic carbocycles. The Balaban J connectivity index is 2.49. The van der Waals surface area contributed by atoms with Crippen LogP contribution in [0.15, 0.2) is 18.2 Å². The summed E-state index contributed by atoms with van der Waals surface area (Å²) in [6, 6.07) is 4.62. The van der Waals surface area contributed by atoms with E-state index in [1.807, 2.05) is 0 Å². The molecule has 0 radical (unpaired) electrons. The third-order valence-corrected chi connectivity index (χ3v) is 1.51. The van der Waals surface area contributed by atoms with Crippen molar-refractivity contribution in [1.82, 2.24) is 0 Å². The van der Waals surface area contributed by atoms with Crippen molar-refractivity contribution in [3.05, 3.63) is 24.0 Å². The molecule has 1 aliphatic rings. The predicted octanol–water partition coefficient (Wildman–Crippen LogP) is 1.71. The van der Waals surface area contributed by atoms with Gasteiger partial charge in [0.05, 0.1) is 0 Å². The molecule has 0 aliphatic carbocycles. The van der Waals surface area contributed by atoms with Crippen LogP contribution in [0.1, 0.15) is 0 Å². The largest absolute Gasteiger partial charge is 0.591 e. The average molecular weight is 152 g/mol. The number of fused-ring (bicyclic) bond motifs is 1. The molecule has 0 aromatic heterocycles. The van der Waals surface area contributed by atoms with Crippen molar-refractivity contribution < 1.29 is 13.7 Å². The first-order chi connectivity index (χ1) is 5.27. The lowest BCUT2D eigenvalue weighted by Crippen LogP contribution is -2.18. The minimum atomic E-state index is -0.373. The van der Waals surface area contributed by atoms with Crippen molar-refractivity contribution in [2.75, 3.05) is 0 Å². The molecule has 0 saturated carbocycles. The molecule has 0 spiro atoms. The molecule has 0 unspecified atom stereocenters. The summed E-state index contributed by atoms with van der Waals surface area (Å²) in [6.07, 6.45) is 0. The second kappa shape index (κ2) is 2.15. The molecule has 4 heteroatoms. The fourth-order valence-electron chi connectivity index (χ4n) is 1.07. The van der Waals surface area contributed by atoms with Gasteiger partial charge in [-0.15, -0.1) is 0 Å². The second-order valence-corrected chi connectivity index (χ2v) is 2.37. The third kappa shape index (κ3) is 0.945. The normalized spacial score (nSPS) is 13.8. The van der Waals surface area contributed by atoms with Crippen LogP contribution in [0.25, 0.3) is 0 Å². The quantitative estimate of drug-likeness (QED) is 0.526. The van der Waals surface area contributed by atoms with E-state index in [1.165, 1.54) is 6.07 Å². The molecule has 0 bridgehead atoms. The van der Waals surface area contributed by atoms with Crippen LogP contribution in [0.3, 0.4) is 0 Å². The molecule has 0 amide bonds. The Bertz CT molecular complexity index is 290. The van der Waals surface area contributed by atoms with E-state index in [9.17, 15) is 4.39 Å². The van der Waals surface area contributed by atoms with E-state index in [2.05, 4.69) is 0 Å². The van der Waals surface area contributed by atoms with Gasteiger partial charge in [0.1, 0.15) is 5.75 Å². The van der Waals surface area contributed by atoms with Gasteiger partial charge in [-0.2, -0.15) is 0 Å². The Morgan fingerprint density at radius 1 is 1.36 bits per heavy atom. The van der Waals surface area contributed by atoms with Crippen LogP contribution in [0.2, 0.25) is 6.82 Å². The fraction of sp³-hybridized carbons (Fsp3) is 0.143. The van der Waals surface area contributed by atoms with Crippen molar-refractivity contribution in [3.8, 4) is 11.5 Å². The minimum absolute atomic E-state index is 0.222. The van der Waals surface area contributed by atoms with Gasteiger partial charge in [0.2, 0.25) is 0 Å². The van der Waals surface area contributed by atoms with E-state index < -0.39 is 0 Å². The van der Waals surface area contributed by atoms with E-state index in [-0.39, 0.29) is 18.7 Å². The lowest BCUT2D eigenvalue weighted by molar-refractivity contribution is 0.489. The molecular weight excluding hydrogens is 146 g/mol. The number of hydrogen-bond acceptors (Lipinski definition) is 2. The van der Waals surface area contributed by atoms with Gasteiger partial charge in [0.15, 0.2) is 11.6 Å². The molecule has 1 heterocycles. The lowest BCUT2D eigenvalue weighted by Gasteiger charge is -1.96. The maximum atomic E-state index is 12.9. The zero-order valence-electron chi connectivity index (χ0n) is 6.00. The highest BCUT2D eigenvalue weighted by molar-refractivity contribution is 6.45. The van der Waals surface area contributed by atoms with E-state index >= 15 is 0 Å². The van der Waals surface area contributed by atoms with E-state index in [4.69, 9.17) is 9.31 Å². The van der Waals surface area contributed by atoms with Crippen molar-refractivity contribution in [1.29, 1.82) is 0 Å². The SMILES string of the molecule is CB1Oc2cccc(F)c2O1. The molecule has 2 rings (SSSR count). The zero-order valence-corrected chi connectivity index (χ0v) is 6.00. The van der Waals surface area contributed by atoms with Crippen molar-refractivity contribution in [2.45, 2.75) is 6.82 Å². The van der Waals surface area contributed by atoms with Crippen LogP contribution in [0.4, 0.5) is 4.39 Å². The topological polar surface area (TPSA) is 18.5 Å². The number of rotatable bonds is 0. The van der Waals surface area contributed by atoms with Crippen LogP contribution in [-0.2, 0) is 0 Å². The maximum absolute atomic E-state index is 12.9. The predicted molar refractivity (Wildman–Crippen MR) is 39.3 cm³/mol. The molecule has 56 valence electrons. The highest BCUT2D eigenvalue weighted by Crippen LogP contribution is 2.35. The van der Waals surface area contributed by atoms with Gasteiger partial charge >= 0.3 is 7.12 Å². The highest BCUT2D eigenvalue weighted by Gasteiger charge is 2.28. The second-order valence-electron chi connectivity index (χ2n) is 2.37. The number of benzene rings is 1. The summed E-state index contributed by atoms with van der Waals surface area (Å²) < 4.78 is 23.0. The Morgan fingerprint density at radius 3 is 2.91 bits per heavy atom. The summed E-state index contributed by atoms with van der Waals surface area (Å²) >= 11 is 0. The highest BCUT2D eigenvalue weighted by atomic mass is 19.1. The van der Waals surface area contributed by atoms with Crippen molar-refractivity contribution in [3.63, 3.8) is 0 Å². The molecule has 1 aliphatic heterocycles. The molecule has 0 fully saturated rings. The first kappa shape index (κ1) is 6.52. The smallest absolute Gasteiger partial charge is 0.523 e. The summed E-state index contributed by atoms with van der Waals surface area (Å²) in [4.78, 5) is 0. The monoisotopic (exact) mass is 152 g/mol. The summed E-state index contributed by atoms with van der Waals surface area (Å²) in [5.41, 5.74) is 0. The van der Waals surface area contributed by atoms with Gasteiger partial charge in [-0.3, -0.25) is 0 Å². The molecule has 11 heavy (non-hydrogen) atoms. The van der Waals surface area contributed by atoms with Gasteiger partial charge < -0.3 is 9.31 Å². The third-order valence-electron chi connectivity index (χ3n) is 1.51. The molecule has 0 N–H and O–H groups in total. The summed E-state index contributed by atoms with van der Waals surface area (Å²) in [5.74, 6) is 0.337. The maximum Gasteiger partial charge on any atom is 0.591 e. The molecular formula is C7H6BFO2. The number of hydrogen-bond donors (Lipinski definition) is 0. The minimum Gasteiger partial charge on any atom is -0.523 e. The number of para-hydroxylation sites is 1. The molecule has 0 saturated heterocycles. The fourth-order valence-corrected chi connectivity index (χ4v) is 1.07. The van der Waals surface area contributed by atoms with Gasteiger partial charge in [-0.25, -0.2) is 4.39 Å². The first-order valence-corrected chi connectivity index (χ1v) is 3.39. The Morgan fingerprint density at radius 2 is 2.18 bits per heavy atom. The van der Waals surface area contributed by atoms with Crippen LogP contribution in [0.5, 0.6) is 11.5 Å². The number of halogens is 1. The Kier molecular flexibility index (Phi) is 1.28. The standard InChI is InChI=1S/C7H6BFO2/c1-8-10-6-4-2-3-5(9)7(6)11-8/h2-4H,1H3. The Hall–Kier alpha value is -1.19. The van der Waals surface area contributed by atoms with Gasteiger partial charge in [0.25, 0.3) is 0 Å². The van der Waals surface area contributed by atoms with Crippen LogP contribution in [0, 0.1) is 5.82 Å². The van der Waals surface area contributed by atoms with Crippen LogP contribution < -0.4 is 9.31 Å².